The van der Waals surface area contributed by atoms with Crippen LogP contribution in [-0.2, 0) is 14.0 Å². The molecule has 3 heterocycles. The van der Waals surface area contributed by atoms with Crippen molar-refractivity contribution in [2.24, 2.45) is 11.8 Å². The summed E-state index contributed by atoms with van der Waals surface area (Å²) in [5, 5.41) is 2.65. The third-order valence-electron chi connectivity index (χ3n) is 8.35. The van der Waals surface area contributed by atoms with Crippen LogP contribution in [0.25, 0.3) is 16.3 Å². The van der Waals surface area contributed by atoms with Gasteiger partial charge in [0.25, 0.3) is 0 Å². The number of allylic oxidation sites excluding steroid dienone is 8. The van der Waals surface area contributed by atoms with Crippen LogP contribution >= 0.6 is 0 Å². The molecule has 3 atom stereocenters. The standard InChI is InChI=1S/C27H30NO2.C5H8O2.C2H6.Al/c1-5-8-17-18-9-7-10-19-23(18)25-22-16(11-12-28(25)20(17)6-2)15-21-26(30-14-13-29-21)24(22)27(19,3)4;1-4(6)3-5(2)7;1-2;/h5,7-8,10-12,15,17-18,20H,6,9,13-14H2,1-4H3;3,6H,1-2H3;1-2H3;/q+1;;;+1/p-1/b;4-3-;;. The maximum Gasteiger partial charge on any atom is 0.481 e. The molecule has 2 aromatic rings. The predicted octanol–water partition coefficient (Wildman–Crippen LogP) is 7.28. The van der Waals surface area contributed by atoms with Gasteiger partial charge in [-0.1, -0.05) is 58.9 Å². The molecule has 5 nitrogen and oxygen atoms in total. The molecule has 6 heteroatoms. The molecule has 40 heavy (non-hydrogen) atoms. The number of fused-ring (bicyclic) bond motifs is 2. The molecular formula is C34H43AlNO4+. The Balaban J connectivity index is 0.000000322. The lowest BCUT2D eigenvalue weighted by atomic mass is 9.60. The van der Waals surface area contributed by atoms with Crippen molar-refractivity contribution in [3.05, 3.63) is 71.3 Å². The van der Waals surface area contributed by atoms with Crippen molar-refractivity contribution >= 4 is 38.8 Å². The molecule has 2 radical (unpaired) electrons. The van der Waals surface area contributed by atoms with E-state index in [4.69, 9.17) is 9.47 Å². The molecule has 0 amide bonds. The molecule has 4 aliphatic rings. The van der Waals surface area contributed by atoms with Crippen molar-refractivity contribution in [1.29, 1.82) is 0 Å². The van der Waals surface area contributed by atoms with Gasteiger partial charge in [0.05, 0.1) is 11.1 Å². The minimum absolute atomic E-state index is 0.00458. The molecule has 0 saturated heterocycles. The first-order chi connectivity index (χ1) is 19.2. The average Bonchev–Trinajstić information content (AvgIpc) is 2.96. The summed E-state index contributed by atoms with van der Waals surface area (Å²) in [5.41, 5.74) is 5.63. The number of hydrogen-bond acceptors (Lipinski definition) is 4. The molecule has 1 aromatic heterocycles. The molecule has 2 aliphatic heterocycles. The third kappa shape index (κ3) is 5.06. The van der Waals surface area contributed by atoms with Crippen molar-refractivity contribution in [3.63, 3.8) is 0 Å². The van der Waals surface area contributed by atoms with Gasteiger partial charge in [0.2, 0.25) is 5.69 Å². The Kier molecular flexibility index (Phi) is 9.33. The molecule has 3 unspecified atom stereocenters. The smallest absolute Gasteiger partial charge is 0.481 e. The van der Waals surface area contributed by atoms with Crippen LogP contribution in [0.5, 0.6) is 11.5 Å². The fraction of sp³-hybridized carbons (Fsp3) is 0.471. The first kappa shape index (κ1) is 30.2. The van der Waals surface area contributed by atoms with Crippen LogP contribution in [0.3, 0.4) is 0 Å². The summed E-state index contributed by atoms with van der Waals surface area (Å²) in [7, 11) is 0. The van der Waals surface area contributed by atoms with Crippen LogP contribution in [0.4, 0.5) is 0 Å². The summed E-state index contributed by atoms with van der Waals surface area (Å²) in [6, 6.07) is 4.96. The molecule has 0 spiro atoms. The largest absolute Gasteiger partial charge is 0.657 e. The van der Waals surface area contributed by atoms with E-state index in [-0.39, 0.29) is 11.2 Å². The van der Waals surface area contributed by atoms with Crippen LogP contribution in [0.15, 0.2) is 60.0 Å². The van der Waals surface area contributed by atoms with Crippen molar-refractivity contribution < 1.29 is 22.6 Å². The number of ether oxygens (including phenoxy) is 2. The zero-order valence-corrected chi connectivity index (χ0v) is 26.5. The number of hydrogen-bond donors (Lipinski definition) is 0. The normalized spacial score (nSPS) is 23.2. The van der Waals surface area contributed by atoms with Crippen molar-refractivity contribution in [2.75, 3.05) is 13.2 Å². The lowest BCUT2D eigenvalue weighted by molar-refractivity contribution is -0.734. The van der Waals surface area contributed by atoms with E-state index >= 15 is 0 Å². The minimum Gasteiger partial charge on any atom is -0.657 e. The van der Waals surface area contributed by atoms with E-state index in [1.54, 1.807) is 12.5 Å². The zero-order chi connectivity index (χ0) is 29.2. The van der Waals surface area contributed by atoms with Crippen LogP contribution in [0.1, 0.15) is 85.5 Å². The molecule has 0 saturated carbocycles. The van der Waals surface area contributed by atoms with Gasteiger partial charge in [-0.3, -0.25) is 4.79 Å². The summed E-state index contributed by atoms with van der Waals surface area (Å²) < 4.78 is 19.5. The molecule has 0 N–H and O–H groups in total. The zero-order valence-electron chi connectivity index (χ0n) is 25.3. The number of carbonyl (C=O) groups excluding carboxylic acids is 1. The number of pyridine rings is 1. The van der Waals surface area contributed by atoms with Gasteiger partial charge in [0, 0.05) is 47.0 Å². The Bertz CT molecular complexity index is 1420. The fourth-order valence-electron chi connectivity index (χ4n) is 6.90. The second kappa shape index (κ2) is 12.4. The first-order valence-corrected chi connectivity index (χ1v) is 15.1. The number of aromatic nitrogens is 1. The number of carbonyl (C=O) groups is 1. The van der Waals surface area contributed by atoms with Crippen molar-refractivity contribution in [2.45, 2.75) is 79.7 Å². The Morgan fingerprint density at radius 1 is 1.23 bits per heavy atom. The predicted molar refractivity (Wildman–Crippen MR) is 163 cm³/mol. The van der Waals surface area contributed by atoms with E-state index in [1.807, 2.05) is 13.8 Å². The lowest BCUT2D eigenvalue weighted by Gasteiger charge is -2.44. The molecule has 0 bridgehead atoms. The van der Waals surface area contributed by atoms with E-state index in [9.17, 15) is 4.79 Å². The van der Waals surface area contributed by atoms with Crippen LogP contribution < -0.4 is 14.0 Å². The highest BCUT2D eigenvalue weighted by atomic mass is 27.1. The average molecular weight is 557 g/mol. The topological polar surface area (TPSA) is 48.6 Å². The molecule has 0 fully saturated rings. The van der Waals surface area contributed by atoms with E-state index < -0.39 is 0 Å². The van der Waals surface area contributed by atoms with Gasteiger partial charge >= 0.3 is 16.6 Å². The van der Waals surface area contributed by atoms with Crippen LogP contribution in [0.2, 0.25) is 0 Å². The second-order valence-electron chi connectivity index (χ2n) is 11.1. The Hall–Kier alpha value is -2.81. The number of rotatable bonds is 4. The maximum atomic E-state index is 10.2. The van der Waals surface area contributed by atoms with Gasteiger partial charge < -0.3 is 13.3 Å². The summed E-state index contributed by atoms with van der Waals surface area (Å²) >= 11 is 2.06. The van der Waals surface area contributed by atoms with Crippen molar-refractivity contribution in [3.8, 4) is 11.5 Å². The number of nitrogens with zero attached hydrogens (tertiary/aromatic N) is 1. The second-order valence-corrected chi connectivity index (χ2v) is 11.3. The lowest BCUT2D eigenvalue weighted by Crippen LogP contribution is -2.54. The highest BCUT2D eigenvalue weighted by Crippen LogP contribution is 2.58. The Morgan fingerprint density at radius 3 is 2.58 bits per heavy atom. The van der Waals surface area contributed by atoms with E-state index in [1.165, 1.54) is 40.6 Å². The SMILES string of the molecule is CC.CC(=O)/C=C(/C)[O][Al].CC=CC1C2CC=CC3=C2c2c4c(c5c(cc4cc[n+]2C1CC)OCCO5)C3(C)C. The van der Waals surface area contributed by atoms with Gasteiger partial charge in [0.15, 0.2) is 29.5 Å². The van der Waals surface area contributed by atoms with Crippen LogP contribution in [0, 0.1) is 11.8 Å². The summed E-state index contributed by atoms with van der Waals surface area (Å²) in [6.45, 7) is 17.7. The number of benzene rings is 1. The highest BCUT2D eigenvalue weighted by Gasteiger charge is 2.52. The van der Waals surface area contributed by atoms with E-state index in [0.717, 1.165) is 24.3 Å². The summed E-state index contributed by atoms with van der Waals surface area (Å²) in [6.07, 6.45) is 15.5. The van der Waals surface area contributed by atoms with Gasteiger partial charge in [0.1, 0.15) is 13.2 Å². The summed E-state index contributed by atoms with van der Waals surface area (Å²) in [5.74, 6) is 3.54. The quantitative estimate of drug-likeness (QED) is 0.131. The van der Waals surface area contributed by atoms with Crippen molar-refractivity contribution in [1.82, 2.24) is 0 Å². The monoisotopic (exact) mass is 556 g/mol. The van der Waals surface area contributed by atoms with Gasteiger partial charge in [-0.05, 0) is 44.2 Å². The minimum atomic E-state index is -0.124. The first-order valence-electron chi connectivity index (χ1n) is 14.6. The molecule has 1 aromatic carbocycles. The van der Waals surface area contributed by atoms with E-state index in [0.29, 0.717) is 36.9 Å². The molecule has 210 valence electrons. The third-order valence-corrected chi connectivity index (χ3v) is 8.73. The van der Waals surface area contributed by atoms with E-state index in [2.05, 4.69) is 95.3 Å². The molecule has 6 rings (SSSR count). The summed E-state index contributed by atoms with van der Waals surface area (Å²) in [4.78, 5) is 10.2. The Labute approximate surface area is 248 Å². The number of ketones is 1. The van der Waals surface area contributed by atoms with Crippen LogP contribution in [-0.4, -0.2) is 35.6 Å². The molecule has 2 aliphatic carbocycles. The van der Waals surface area contributed by atoms with Gasteiger partial charge in [-0.25, -0.2) is 0 Å². The fourth-order valence-corrected chi connectivity index (χ4v) is 6.97. The molecular weight excluding hydrogens is 513 g/mol. The maximum absolute atomic E-state index is 10.2. The highest BCUT2D eigenvalue weighted by molar-refractivity contribution is 6.02. The van der Waals surface area contributed by atoms with Gasteiger partial charge in [-0.2, -0.15) is 4.57 Å². The van der Waals surface area contributed by atoms with Gasteiger partial charge in [-0.15, -0.1) is 0 Å². The Morgan fingerprint density at radius 2 is 1.95 bits per heavy atom.